The van der Waals surface area contributed by atoms with Gasteiger partial charge in [0.1, 0.15) is 0 Å². The first kappa shape index (κ1) is 10.3. The molecule has 2 nitrogen and oxygen atoms in total. The Bertz CT molecular complexity index is 403. The average molecular weight is 217 g/mol. The summed E-state index contributed by atoms with van der Waals surface area (Å²) in [7, 11) is -3.35. The Morgan fingerprint density at radius 2 is 1.85 bits per heavy atom. The van der Waals surface area contributed by atoms with Crippen LogP contribution in [0.3, 0.4) is 0 Å². The molecule has 0 saturated heterocycles. The molecular formula is C9H9ClO2S. The van der Waals surface area contributed by atoms with Crippen molar-refractivity contribution in [2.75, 3.05) is 0 Å². The number of benzene rings is 1. The Labute approximate surface area is 82.8 Å². The Balaban J connectivity index is 3.18. The van der Waals surface area contributed by atoms with Gasteiger partial charge >= 0.3 is 0 Å². The lowest BCUT2D eigenvalue weighted by Gasteiger charge is -1.97. The van der Waals surface area contributed by atoms with E-state index < -0.39 is 9.84 Å². The molecule has 0 saturated carbocycles. The van der Waals surface area contributed by atoms with Crippen molar-refractivity contribution in [3.05, 3.63) is 40.8 Å². The van der Waals surface area contributed by atoms with Crippen LogP contribution in [-0.4, -0.2) is 8.42 Å². The molecule has 1 aromatic carbocycles. The molecule has 0 N–H and O–H groups in total. The van der Waals surface area contributed by atoms with Crippen LogP contribution in [0.25, 0.3) is 0 Å². The van der Waals surface area contributed by atoms with Crippen molar-refractivity contribution in [3.8, 4) is 0 Å². The van der Waals surface area contributed by atoms with Crippen LogP contribution in [0.15, 0.2) is 45.7 Å². The van der Waals surface area contributed by atoms with E-state index in [0.29, 0.717) is 0 Å². The SMILES string of the molecule is C/C(Cl)=C/S(=O)(=O)c1ccccc1. The number of allylic oxidation sites excluding steroid dienone is 1. The van der Waals surface area contributed by atoms with Gasteiger partial charge in [-0.05, 0) is 19.1 Å². The summed E-state index contributed by atoms with van der Waals surface area (Å²) < 4.78 is 23.0. The van der Waals surface area contributed by atoms with Gasteiger partial charge in [-0.15, -0.1) is 0 Å². The largest absolute Gasteiger partial charge is 0.219 e. The highest BCUT2D eigenvalue weighted by Crippen LogP contribution is 2.14. The minimum absolute atomic E-state index is 0.254. The van der Waals surface area contributed by atoms with Crippen LogP contribution in [0.2, 0.25) is 0 Å². The van der Waals surface area contributed by atoms with E-state index in [1.165, 1.54) is 19.1 Å². The highest BCUT2D eigenvalue weighted by Gasteiger charge is 2.09. The smallest absolute Gasteiger partial charge is 0.200 e. The minimum atomic E-state index is -3.35. The first-order chi connectivity index (χ1) is 6.02. The third-order valence-corrected chi connectivity index (χ3v) is 3.22. The standard InChI is InChI=1S/C9H9ClO2S/c1-8(10)7-13(11,12)9-5-3-2-4-6-9/h2-7H,1H3/b8-7-. The molecule has 0 fully saturated rings. The summed E-state index contributed by atoms with van der Waals surface area (Å²) in [6, 6.07) is 8.17. The molecule has 70 valence electrons. The van der Waals surface area contributed by atoms with Crippen molar-refractivity contribution < 1.29 is 8.42 Å². The van der Waals surface area contributed by atoms with Crippen molar-refractivity contribution in [1.82, 2.24) is 0 Å². The number of sulfone groups is 1. The Kier molecular flexibility index (Phi) is 3.12. The van der Waals surface area contributed by atoms with Gasteiger partial charge in [-0.25, -0.2) is 8.42 Å². The van der Waals surface area contributed by atoms with Crippen LogP contribution < -0.4 is 0 Å². The molecular weight excluding hydrogens is 208 g/mol. The molecule has 0 atom stereocenters. The summed E-state index contributed by atoms with van der Waals surface area (Å²) in [6.07, 6.45) is 0. The van der Waals surface area contributed by atoms with Gasteiger partial charge in [0.2, 0.25) is 9.84 Å². The monoisotopic (exact) mass is 216 g/mol. The lowest BCUT2D eigenvalue weighted by Crippen LogP contribution is -1.95. The number of rotatable bonds is 2. The molecule has 0 amide bonds. The van der Waals surface area contributed by atoms with Crippen molar-refractivity contribution in [1.29, 1.82) is 0 Å². The van der Waals surface area contributed by atoms with E-state index in [4.69, 9.17) is 11.6 Å². The maximum atomic E-state index is 11.5. The van der Waals surface area contributed by atoms with E-state index in [2.05, 4.69) is 0 Å². The van der Waals surface area contributed by atoms with E-state index in [9.17, 15) is 8.42 Å². The van der Waals surface area contributed by atoms with Crippen molar-refractivity contribution in [2.45, 2.75) is 11.8 Å². The molecule has 0 spiro atoms. The summed E-state index contributed by atoms with van der Waals surface area (Å²) in [5.41, 5.74) is 0. The average Bonchev–Trinajstić information content (AvgIpc) is 2.04. The molecule has 0 aliphatic carbocycles. The lowest BCUT2D eigenvalue weighted by molar-refractivity contribution is 0.604. The lowest BCUT2D eigenvalue weighted by atomic mass is 10.4. The second-order valence-electron chi connectivity index (χ2n) is 2.56. The van der Waals surface area contributed by atoms with Crippen LogP contribution in [0.1, 0.15) is 6.92 Å². The normalized spacial score (nSPS) is 12.9. The summed E-state index contributed by atoms with van der Waals surface area (Å²) in [5.74, 6) is 0. The zero-order valence-corrected chi connectivity index (χ0v) is 8.64. The van der Waals surface area contributed by atoms with E-state index >= 15 is 0 Å². The Morgan fingerprint density at radius 3 is 2.31 bits per heavy atom. The van der Waals surface area contributed by atoms with E-state index in [1.54, 1.807) is 18.2 Å². The fourth-order valence-corrected chi connectivity index (χ4v) is 2.34. The number of hydrogen-bond acceptors (Lipinski definition) is 2. The highest BCUT2D eigenvalue weighted by atomic mass is 35.5. The van der Waals surface area contributed by atoms with Crippen LogP contribution in [0.5, 0.6) is 0 Å². The molecule has 0 aliphatic rings. The molecule has 0 unspecified atom stereocenters. The van der Waals surface area contributed by atoms with Gasteiger partial charge in [-0.2, -0.15) is 0 Å². The minimum Gasteiger partial charge on any atom is -0.219 e. The number of hydrogen-bond donors (Lipinski definition) is 0. The first-order valence-electron chi connectivity index (χ1n) is 3.66. The van der Waals surface area contributed by atoms with Crippen LogP contribution in [-0.2, 0) is 9.84 Å². The maximum Gasteiger partial charge on any atom is 0.200 e. The Hall–Kier alpha value is -0.800. The van der Waals surface area contributed by atoms with Crippen LogP contribution in [0, 0.1) is 0 Å². The third-order valence-electron chi connectivity index (χ3n) is 1.39. The molecule has 0 aromatic heterocycles. The van der Waals surface area contributed by atoms with Gasteiger partial charge in [0.25, 0.3) is 0 Å². The van der Waals surface area contributed by atoms with Crippen molar-refractivity contribution in [3.63, 3.8) is 0 Å². The van der Waals surface area contributed by atoms with Crippen LogP contribution >= 0.6 is 11.6 Å². The van der Waals surface area contributed by atoms with Gasteiger partial charge < -0.3 is 0 Å². The summed E-state index contributed by atoms with van der Waals surface area (Å²) in [4.78, 5) is 0.259. The predicted molar refractivity (Wildman–Crippen MR) is 53.2 cm³/mol. The summed E-state index contributed by atoms with van der Waals surface area (Å²) in [5, 5.41) is 1.30. The molecule has 0 heterocycles. The molecule has 0 aliphatic heterocycles. The van der Waals surface area contributed by atoms with E-state index in [0.717, 1.165) is 5.41 Å². The topological polar surface area (TPSA) is 34.1 Å². The predicted octanol–water partition coefficient (Wildman–Crippen LogP) is 2.56. The molecule has 0 radical (unpaired) electrons. The van der Waals surface area contributed by atoms with Gasteiger partial charge in [-0.1, -0.05) is 29.8 Å². The third kappa shape index (κ3) is 2.86. The molecule has 13 heavy (non-hydrogen) atoms. The van der Waals surface area contributed by atoms with Gasteiger partial charge in [0.15, 0.2) is 0 Å². The quantitative estimate of drug-likeness (QED) is 0.762. The fourth-order valence-electron chi connectivity index (χ4n) is 0.892. The summed E-state index contributed by atoms with van der Waals surface area (Å²) >= 11 is 5.49. The Morgan fingerprint density at radius 1 is 1.31 bits per heavy atom. The first-order valence-corrected chi connectivity index (χ1v) is 5.59. The molecule has 1 aromatic rings. The van der Waals surface area contributed by atoms with E-state index in [1.807, 2.05) is 0 Å². The summed E-state index contributed by atoms with van der Waals surface area (Å²) in [6.45, 7) is 1.53. The zero-order chi connectivity index (χ0) is 9.90. The van der Waals surface area contributed by atoms with Crippen molar-refractivity contribution in [2.24, 2.45) is 0 Å². The highest BCUT2D eigenvalue weighted by molar-refractivity contribution is 7.94. The van der Waals surface area contributed by atoms with Gasteiger partial charge in [0, 0.05) is 10.4 Å². The fraction of sp³-hybridized carbons (Fsp3) is 0.111. The second-order valence-corrected chi connectivity index (χ2v) is 4.96. The molecule has 4 heteroatoms. The maximum absolute atomic E-state index is 11.5. The second kappa shape index (κ2) is 3.94. The van der Waals surface area contributed by atoms with E-state index in [-0.39, 0.29) is 9.93 Å². The van der Waals surface area contributed by atoms with Crippen LogP contribution in [0.4, 0.5) is 0 Å². The van der Waals surface area contributed by atoms with Gasteiger partial charge in [0.05, 0.1) is 4.90 Å². The molecule has 1 rings (SSSR count). The van der Waals surface area contributed by atoms with Gasteiger partial charge in [-0.3, -0.25) is 0 Å². The molecule has 0 bridgehead atoms. The van der Waals surface area contributed by atoms with Crippen molar-refractivity contribution >= 4 is 21.4 Å². The zero-order valence-electron chi connectivity index (χ0n) is 7.07. The number of halogens is 1.